The van der Waals surface area contributed by atoms with Gasteiger partial charge < -0.3 is 24.8 Å². The molecule has 180 valence electrons. The van der Waals surface area contributed by atoms with E-state index in [0.717, 1.165) is 25.2 Å². The molecule has 2 aromatic rings. The average molecular weight is 465 g/mol. The SMILES string of the molecule is CCc1ccc(N2CC(C(=O)Nc3cc(C(=O)N4CCN(C)CC4)ccc3OC)CC2=O)cc1. The van der Waals surface area contributed by atoms with Gasteiger partial charge >= 0.3 is 0 Å². The molecule has 0 spiro atoms. The summed E-state index contributed by atoms with van der Waals surface area (Å²) in [6, 6.07) is 12.9. The molecule has 0 radical (unpaired) electrons. The number of carbonyl (C=O) groups excluding carboxylic acids is 3. The van der Waals surface area contributed by atoms with Crippen molar-refractivity contribution in [2.24, 2.45) is 5.92 Å². The number of hydrogen-bond donors (Lipinski definition) is 1. The van der Waals surface area contributed by atoms with Crippen LogP contribution in [0.3, 0.4) is 0 Å². The van der Waals surface area contributed by atoms with Crippen molar-refractivity contribution in [2.75, 3.05) is 57.1 Å². The quantitative estimate of drug-likeness (QED) is 0.711. The van der Waals surface area contributed by atoms with Gasteiger partial charge in [0.05, 0.1) is 18.7 Å². The number of ether oxygens (including phenoxy) is 1. The van der Waals surface area contributed by atoms with E-state index in [2.05, 4.69) is 17.1 Å². The van der Waals surface area contributed by atoms with E-state index in [9.17, 15) is 14.4 Å². The monoisotopic (exact) mass is 464 g/mol. The summed E-state index contributed by atoms with van der Waals surface area (Å²) in [6.45, 7) is 5.40. The second kappa shape index (κ2) is 10.3. The van der Waals surface area contributed by atoms with Gasteiger partial charge in [-0.25, -0.2) is 0 Å². The number of likely N-dealkylation sites (N-methyl/N-ethyl adjacent to an activating group) is 1. The van der Waals surface area contributed by atoms with Gasteiger partial charge in [0.15, 0.2) is 0 Å². The van der Waals surface area contributed by atoms with Crippen LogP contribution in [0.15, 0.2) is 42.5 Å². The minimum Gasteiger partial charge on any atom is -0.495 e. The fourth-order valence-electron chi connectivity index (χ4n) is 4.41. The van der Waals surface area contributed by atoms with E-state index >= 15 is 0 Å². The lowest BCUT2D eigenvalue weighted by Gasteiger charge is -2.32. The molecule has 8 heteroatoms. The summed E-state index contributed by atoms with van der Waals surface area (Å²) < 4.78 is 5.41. The van der Waals surface area contributed by atoms with Crippen LogP contribution in [-0.4, -0.2) is 74.4 Å². The van der Waals surface area contributed by atoms with Crippen molar-refractivity contribution in [2.45, 2.75) is 19.8 Å². The maximum Gasteiger partial charge on any atom is 0.254 e. The molecule has 2 aromatic carbocycles. The Morgan fingerprint density at radius 3 is 2.41 bits per heavy atom. The number of anilines is 2. The third-order valence-electron chi connectivity index (χ3n) is 6.65. The Kier molecular flexibility index (Phi) is 7.17. The predicted molar refractivity (Wildman–Crippen MR) is 131 cm³/mol. The number of nitrogens with zero attached hydrogens (tertiary/aromatic N) is 3. The van der Waals surface area contributed by atoms with Gasteiger partial charge in [0, 0.05) is 50.4 Å². The molecule has 0 aliphatic carbocycles. The lowest BCUT2D eigenvalue weighted by molar-refractivity contribution is -0.122. The molecule has 2 heterocycles. The van der Waals surface area contributed by atoms with Gasteiger partial charge in [0.1, 0.15) is 5.75 Å². The van der Waals surface area contributed by atoms with Crippen LogP contribution in [-0.2, 0) is 16.0 Å². The summed E-state index contributed by atoms with van der Waals surface area (Å²) in [5, 5.41) is 2.90. The van der Waals surface area contributed by atoms with Crippen LogP contribution in [0.4, 0.5) is 11.4 Å². The number of rotatable bonds is 6. The van der Waals surface area contributed by atoms with Crippen LogP contribution in [0.1, 0.15) is 29.3 Å². The van der Waals surface area contributed by atoms with E-state index in [0.29, 0.717) is 36.6 Å². The summed E-state index contributed by atoms with van der Waals surface area (Å²) in [6.07, 6.45) is 1.07. The van der Waals surface area contributed by atoms with Crippen LogP contribution in [0.25, 0.3) is 0 Å². The first kappa shape index (κ1) is 23.8. The zero-order chi connectivity index (χ0) is 24.2. The summed E-state index contributed by atoms with van der Waals surface area (Å²) in [4.78, 5) is 44.4. The highest BCUT2D eigenvalue weighted by molar-refractivity contribution is 6.04. The van der Waals surface area contributed by atoms with Crippen molar-refractivity contribution in [3.63, 3.8) is 0 Å². The standard InChI is InChI=1S/C26H32N4O4/c1-4-18-5-8-21(9-6-18)30-17-20(16-24(30)31)25(32)27-22-15-19(7-10-23(22)34-3)26(33)29-13-11-28(2)12-14-29/h5-10,15,20H,4,11-14,16-17H2,1-3H3,(H,27,32). The molecule has 2 saturated heterocycles. The molecule has 2 aliphatic heterocycles. The Labute approximate surface area is 200 Å². The lowest BCUT2D eigenvalue weighted by atomic mass is 10.1. The third kappa shape index (κ3) is 5.07. The normalized spacial score (nSPS) is 18.8. The third-order valence-corrected chi connectivity index (χ3v) is 6.65. The van der Waals surface area contributed by atoms with Gasteiger partial charge in [-0.1, -0.05) is 19.1 Å². The Hall–Kier alpha value is -3.39. The average Bonchev–Trinajstić information content (AvgIpc) is 3.25. The molecule has 34 heavy (non-hydrogen) atoms. The second-order valence-electron chi connectivity index (χ2n) is 8.93. The van der Waals surface area contributed by atoms with Crippen LogP contribution in [0.5, 0.6) is 5.75 Å². The molecular formula is C26H32N4O4. The van der Waals surface area contributed by atoms with E-state index in [1.165, 1.54) is 12.7 Å². The fraction of sp³-hybridized carbons (Fsp3) is 0.423. The van der Waals surface area contributed by atoms with E-state index in [1.807, 2.05) is 36.2 Å². The highest BCUT2D eigenvalue weighted by Gasteiger charge is 2.35. The van der Waals surface area contributed by atoms with Gasteiger partial charge in [-0.05, 0) is 49.4 Å². The molecule has 8 nitrogen and oxygen atoms in total. The lowest BCUT2D eigenvalue weighted by Crippen LogP contribution is -2.47. The molecule has 2 aliphatic rings. The van der Waals surface area contributed by atoms with Crippen LogP contribution >= 0.6 is 0 Å². The number of hydrogen-bond acceptors (Lipinski definition) is 5. The Morgan fingerprint density at radius 1 is 1.06 bits per heavy atom. The molecule has 0 saturated carbocycles. The minimum absolute atomic E-state index is 0.0657. The number of methoxy groups -OCH3 is 1. The maximum absolute atomic E-state index is 13.1. The van der Waals surface area contributed by atoms with Gasteiger partial charge in [0.2, 0.25) is 11.8 Å². The second-order valence-corrected chi connectivity index (χ2v) is 8.93. The molecule has 4 rings (SSSR count). The summed E-state index contributed by atoms with van der Waals surface area (Å²) in [5.74, 6) is -0.414. The topological polar surface area (TPSA) is 82.2 Å². The van der Waals surface area contributed by atoms with Gasteiger partial charge in [0.25, 0.3) is 5.91 Å². The van der Waals surface area contributed by atoms with Crippen molar-refractivity contribution in [1.82, 2.24) is 9.80 Å². The molecule has 0 aromatic heterocycles. The smallest absolute Gasteiger partial charge is 0.254 e. The number of carbonyl (C=O) groups is 3. The van der Waals surface area contributed by atoms with Gasteiger partial charge in [-0.15, -0.1) is 0 Å². The molecule has 1 N–H and O–H groups in total. The predicted octanol–water partition coefficient (Wildman–Crippen LogP) is 2.64. The summed E-state index contributed by atoms with van der Waals surface area (Å²) in [5.41, 5.74) is 2.93. The number of nitrogens with one attached hydrogen (secondary N) is 1. The minimum atomic E-state index is -0.486. The largest absolute Gasteiger partial charge is 0.495 e. The zero-order valence-corrected chi connectivity index (χ0v) is 20.0. The highest BCUT2D eigenvalue weighted by atomic mass is 16.5. The fourth-order valence-corrected chi connectivity index (χ4v) is 4.41. The summed E-state index contributed by atoms with van der Waals surface area (Å²) >= 11 is 0. The van der Waals surface area contributed by atoms with E-state index < -0.39 is 5.92 Å². The summed E-state index contributed by atoms with van der Waals surface area (Å²) in [7, 11) is 3.56. The first-order valence-corrected chi connectivity index (χ1v) is 11.8. The van der Waals surface area contributed by atoms with Gasteiger partial charge in [-0.3, -0.25) is 14.4 Å². The van der Waals surface area contributed by atoms with E-state index in [4.69, 9.17) is 4.74 Å². The maximum atomic E-state index is 13.1. The number of aryl methyl sites for hydroxylation is 1. The van der Waals surface area contributed by atoms with Crippen LogP contribution in [0.2, 0.25) is 0 Å². The molecule has 1 atom stereocenters. The Bertz CT molecular complexity index is 1060. The first-order chi connectivity index (χ1) is 16.4. The van der Waals surface area contributed by atoms with Crippen molar-refractivity contribution in [3.8, 4) is 5.75 Å². The zero-order valence-electron chi connectivity index (χ0n) is 20.0. The first-order valence-electron chi connectivity index (χ1n) is 11.8. The number of piperazine rings is 1. The van der Waals surface area contributed by atoms with Crippen molar-refractivity contribution >= 4 is 29.1 Å². The molecule has 1 unspecified atom stereocenters. The van der Waals surface area contributed by atoms with Crippen molar-refractivity contribution in [3.05, 3.63) is 53.6 Å². The molecule has 3 amide bonds. The van der Waals surface area contributed by atoms with E-state index in [-0.39, 0.29) is 24.1 Å². The van der Waals surface area contributed by atoms with Crippen LogP contribution < -0.4 is 15.0 Å². The van der Waals surface area contributed by atoms with E-state index in [1.54, 1.807) is 23.1 Å². The van der Waals surface area contributed by atoms with Gasteiger partial charge in [-0.2, -0.15) is 0 Å². The number of amides is 3. The number of benzene rings is 2. The molecule has 2 fully saturated rings. The van der Waals surface area contributed by atoms with Crippen LogP contribution in [0, 0.1) is 5.92 Å². The molecular weight excluding hydrogens is 432 g/mol. The Balaban J connectivity index is 1.46. The molecule has 0 bridgehead atoms. The van der Waals surface area contributed by atoms with Crippen molar-refractivity contribution < 1.29 is 19.1 Å². The van der Waals surface area contributed by atoms with Crippen molar-refractivity contribution in [1.29, 1.82) is 0 Å². The Morgan fingerprint density at radius 2 is 1.76 bits per heavy atom. The highest BCUT2D eigenvalue weighted by Crippen LogP contribution is 2.30.